The Balaban J connectivity index is 1.33. The summed E-state index contributed by atoms with van der Waals surface area (Å²) in [4.78, 5) is 16.1. The number of nitrogens with zero attached hydrogens (tertiary/aromatic N) is 2. The molecular weight excluding hydrogens is 365 g/mol. The lowest BCUT2D eigenvalue weighted by Gasteiger charge is -2.04. The Morgan fingerprint density at radius 1 is 1.32 bits per heavy atom. The van der Waals surface area contributed by atoms with Crippen LogP contribution < -0.4 is 5.32 Å². The summed E-state index contributed by atoms with van der Waals surface area (Å²) in [6, 6.07) is 8.41. The molecule has 3 rings (SSSR count). The van der Waals surface area contributed by atoms with Crippen molar-refractivity contribution in [2.24, 2.45) is 0 Å². The predicted octanol–water partition coefficient (Wildman–Crippen LogP) is 3.43. The predicted molar refractivity (Wildman–Crippen MR) is 98.7 cm³/mol. The number of carbonyl (C=O) groups excluding carboxylic acids is 1. The second-order valence-corrected chi connectivity index (χ2v) is 6.31. The van der Waals surface area contributed by atoms with Crippen LogP contribution in [0.4, 0.5) is 4.39 Å². The maximum atomic E-state index is 13.6. The summed E-state index contributed by atoms with van der Waals surface area (Å²) in [5.41, 5.74) is 1.09. The highest BCUT2D eigenvalue weighted by atomic mass is 19.1. The first-order chi connectivity index (χ1) is 13.6. The largest absolute Gasteiger partial charge is 0.467 e. The zero-order valence-corrected chi connectivity index (χ0v) is 15.6. The number of amides is 1. The van der Waals surface area contributed by atoms with Crippen molar-refractivity contribution < 1.29 is 22.9 Å². The first kappa shape index (κ1) is 19.8. The molecule has 3 aromatic rings. The smallest absolute Gasteiger partial charge is 0.227 e. The van der Waals surface area contributed by atoms with Gasteiger partial charge in [0, 0.05) is 31.6 Å². The zero-order chi connectivity index (χ0) is 19.8. The van der Waals surface area contributed by atoms with Crippen molar-refractivity contribution in [2.75, 3.05) is 13.2 Å². The molecule has 0 atom stereocenters. The first-order valence-corrected chi connectivity index (χ1v) is 9.08. The summed E-state index contributed by atoms with van der Waals surface area (Å²) in [5.74, 6) is 0.996. The van der Waals surface area contributed by atoms with Gasteiger partial charge in [-0.15, -0.1) is 0 Å². The Kier molecular flexibility index (Phi) is 6.91. The topological polar surface area (TPSA) is 90.4 Å². The van der Waals surface area contributed by atoms with Crippen LogP contribution in [0.25, 0.3) is 11.4 Å². The van der Waals surface area contributed by atoms with E-state index in [0.29, 0.717) is 55.4 Å². The van der Waals surface area contributed by atoms with Crippen molar-refractivity contribution in [3.05, 3.63) is 59.6 Å². The molecule has 0 aliphatic heterocycles. The minimum absolute atomic E-state index is 0.104. The van der Waals surface area contributed by atoms with Gasteiger partial charge in [0.25, 0.3) is 0 Å². The summed E-state index contributed by atoms with van der Waals surface area (Å²) >= 11 is 0. The molecule has 0 unspecified atom stereocenters. The molecule has 8 heteroatoms. The van der Waals surface area contributed by atoms with Crippen LogP contribution in [0.3, 0.4) is 0 Å². The van der Waals surface area contributed by atoms with Gasteiger partial charge in [0.2, 0.25) is 17.6 Å². The van der Waals surface area contributed by atoms with Gasteiger partial charge in [-0.05, 0) is 37.1 Å². The van der Waals surface area contributed by atoms with E-state index in [-0.39, 0.29) is 18.1 Å². The molecule has 7 nitrogen and oxygen atoms in total. The fourth-order valence-corrected chi connectivity index (χ4v) is 2.48. The van der Waals surface area contributed by atoms with Crippen molar-refractivity contribution in [3.8, 4) is 11.4 Å². The molecule has 1 N–H and O–H groups in total. The van der Waals surface area contributed by atoms with Crippen LogP contribution in [-0.2, 0) is 22.6 Å². The molecule has 0 aliphatic carbocycles. The third-order valence-electron chi connectivity index (χ3n) is 4.08. The number of benzene rings is 1. The van der Waals surface area contributed by atoms with Crippen LogP contribution in [0.5, 0.6) is 0 Å². The first-order valence-electron chi connectivity index (χ1n) is 9.08. The highest BCUT2D eigenvalue weighted by molar-refractivity contribution is 5.75. The van der Waals surface area contributed by atoms with Gasteiger partial charge < -0.3 is 19.0 Å². The van der Waals surface area contributed by atoms with E-state index in [1.165, 1.54) is 6.07 Å². The van der Waals surface area contributed by atoms with Gasteiger partial charge in [-0.1, -0.05) is 17.3 Å². The van der Waals surface area contributed by atoms with E-state index in [1.54, 1.807) is 25.3 Å². The molecule has 0 radical (unpaired) electrons. The van der Waals surface area contributed by atoms with Gasteiger partial charge in [0.1, 0.15) is 18.2 Å². The van der Waals surface area contributed by atoms with Gasteiger partial charge in [0.15, 0.2) is 0 Å². The number of rotatable bonds is 10. The van der Waals surface area contributed by atoms with Crippen molar-refractivity contribution in [3.63, 3.8) is 0 Å². The van der Waals surface area contributed by atoms with E-state index in [2.05, 4.69) is 15.5 Å². The minimum Gasteiger partial charge on any atom is -0.467 e. The average Bonchev–Trinajstić information content (AvgIpc) is 3.37. The number of ether oxygens (including phenoxy) is 1. The van der Waals surface area contributed by atoms with Gasteiger partial charge in [-0.25, -0.2) is 4.39 Å². The highest BCUT2D eigenvalue weighted by Gasteiger charge is 2.12. The number of carbonyl (C=O) groups is 1. The maximum Gasteiger partial charge on any atom is 0.227 e. The number of nitrogens with one attached hydrogen (secondary N) is 1. The monoisotopic (exact) mass is 387 g/mol. The molecular formula is C20H22FN3O4. The Labute approximate surface area is 161 Å². The van der Waals surface area contributed by atoms with Crippen LogP contribution in [-0.4, -0.2) is 29.2 Å². The Morgan fingerprint density at radius 3 is 3.00 bits per heavy atom. The van der Waals surface area contributed by atoms with Crippen molar-refractivity contribution in [1.82, 2.24) is 15.5 Å². The minimum atomic E-state index is -0.323. The molecule has 0 fully saturated rings. The number of hydrogen-bond acceptors (Lipinski definition) is 6. The molecule has 0 aliphatic rings. The number of aromatic nitrogens is 2. The molecule has 0 spiro atoms. The lowest BCUT2D eigenvalue weighted by atomic mass is 10.1. The zero-order valence-electron chi connectivity index (χ0n) is 15.6. The number of hydrogen-bond donors (Lipinski definition) is 1. The van der Waals surface area contributed by atoms with Gasteiger partial charge in [-0.3, -0.25) is 4.79 Å². The molecule has 1 amide bonds. The maximum absolute atomic E-state index is 13.6. The van der Waals surface area contributed by atoms with Crippen LogP contribution in [0.2, 0.25) is 0 Å². The van der Waals surface area contributed by atoms with E-state index in [0.717, 1.165) is 5.76 Å². The Morgan fingerprint density at radius 2 is 2.21 bits per heavy atom. The molecule has 148 valence electrons. The van der Waals surface area contributed by atoms with Gasteiger partial charge in [0.05, 0.1) is 6.26 Å². The standard InChI is InChI=1S/C20H22FN3O4/c1-14-5-6-15(12-17(14)21)20-23-19(28-24-20)8-7-18(25)22-9-3-10-26-13-16-4-2-11-27-16/h2,4-6,11-12H,3,7-10,13H2,1H3,(H,22,25). The van der Waals surface area contributed by atoms with Crippen LogP contribution in [0, 0.1) is 12.7 Å². The van der Waals surface area contributed by atoms with Crippen molar-refractivity contribution in [2.45, 2.75) is 32.8 Å². The fraction of sp³-hybridized carbons (Fsp3) is 0.350. The highest BCUT2D eigenvalue weighted by Crippen LogP contribution is 2.19. The lowest BCUT2D eigenvalue weighted by Crippen LogP contribution is -2.25. The van der Waals surface area contributed by atoms with Crippen LogP contribution in [0.1, 0.15) is 30.1 Å². The lowest BCUT2D eigenvalue weighted by molar-refractivity contribution is -0.121. The SMILES string of the molecule is Cc1ccc(-c2noc(CCC(=O)NCCCOCc3ccco3)n2)cc1F. The Hall–Kier alpha value is -3.00. The second kappa shape index (κ2) is 9.80. The summed E-state index contributed by atoms with van der Waals surface area (Å²) in [6.07, 6.45) is 2.86. The number of furan rings is 1. The number of halogens is 1. The van der Waals surface area contributed by atoms with E-state index >= 15 is 0 Å². The number of aryl methyl sites for hydroxylation is 2. The summed E-state index contributed by atoms with van der Waals surface area (Å²) in [7, 11) is 0. The van der Waals surface area contributed by atoms with Gasteiger partial charge in [-0.2, -0.15) is 4.98 Å². The van der Waals surface area contributed by atoms with E-state index in [9.17, 15) is 9.18 Å². The molecule has 2 aromatic heterocycles. The molecule has 0 saturated carbocycles. The van der Waals surface area contributed by atoms with Gasteiger partial charge >= 0.3 is 0 Å². The van der Waals surface area contributed by atoms with E-state index in [4.69, 9.17) is 13.7 Å². The summed E-state index contributed by atoms with van der Waals surface area (Å²) in [6.45, 7) is 3.16. The second-order valence-electron chi connectivity index (χ2n) is 6.31. The third-order valence-corrected chi connectivity index (χ3v) is 4.08. The average molecular weight is 387 g/mol. The molecule has 0 bridgehead atoms. The fourth-order valence-electron chi connectivity index (χ4n) is 2.48. The van der Waals surface area contributed by atoms with Crippen LogP contribution in [0.15, 0.2) is 45.5 Å². The third kappa shape index (κ3) is 5.75. The van der Waals surface area contributed by atoms with Crippen molar-refractivity contribution >= 4 is 5.91 Å². The molecule has 28 heavy (non-hydrogen) atoms. The normalized spacial score (nSPS) is 10.9. The quantitative estimate of drug-likeness (QED) is 0.536. The van der Waals surface area contributed by atoms with E-state index < -0.39 is 0 Å². The molecule has 0 saturated heterocycles. The van der Waals surface area contributed by atoms with Crippen LogP contribution >= 0.6 is 0 Å². The van der Waals surface area contributed by atoms with E-state index in [1.807, 2.05) is 12.1 Å². The Bertz CT molecular complexity index is 893. The van der Waals surface area contributed by atoms with Crippen molar-refractivity contribution in [1.29, 1.82) is 0 Å². The summed E-state index contributed by atoms with van der Waals surface area (Å²) < 4.78 is 29.4. The molecule has 2 heterocycles. The summed E-state index contributed by atoms with van der Waals surface area (Å²) in [5, 5.41) is 6.66. The molecule has 1 aromatic carbocycles.